The average Bonchev–Trinajstić information content (AvgIpc) is 2.76. The molecule has 0 amide bonds. The van der Waals surface area contributed by atoms with E-state index in [1.165, 1.54) is 19.3 Å². The Balaban J connectivity index is 1.98. The standard InChI is InChI=1S/C14H24N2O/c1-3-6-13-11-16(9-5-8-15-13)12(2)14-7-4-10-17-14/h4,7,10,12-13,15H,3,5-6,8-9,11H2,1-2H3. The second-order valence-corrected chi connectivity index (χ2v) is 4.98. The minimum atomic E-state index is 0.393. The highest BCUT2D eigenvalue weighted by atomic mass is 16.3. The molecular weight excluding hydrogens is 212 g/mol. The molecule has 2 heterocycles. The van der Waals surface area contributed by atoms with Crippen LogP contribution in [0.5, 0.6) is 0 Å². The smallest absolute Gasteiger partial charge is 0.120 e. The maximum atomic E-state index is 5.52. The van der Waals surface area contributed by atoms with Gasteiger partial charge in [-0.1, -0.05) is 13.3 Å². The summed E-state index contributed by atoms with van der Waals surface area (Å²) < 4.78 is 5.52. The molecule has 2 atom stereocenters. The van der Waals surface area contributed by atoms with Crippen LogP contribution >= 0.6 is 0 Å². The molecule has 1 aliphatic heterocycles. The predicted octanol–water partition coefficient (Wildman–Crippen LogP) is 2.80. The number of furan rings is 1. The highest BCUT2D eigenvalue weighted by molar-refractivity contribution is 5.04. The summed E-state index contributed by atoms with van der Waals surface area (Å²) in [7, 11) is 0. The van der Waals surface area contributed by atoms with Crippen molar-refractivity contribution < 1.29 is 4.42 Å². The third-order valence-corrected chi connectivity index (χ3v) is 3.65. The van der Waals surface area contributed by atoms with Crippen LogP contribution in [0.2, 0.25) is 0 Å². The van der Waals surface area contributed by atoms with E-state index in [-0.39, 0.29) is 0 Å². The summed E-state index contributed by atoms with van der Waals surface area (Å²) in [5.74, 6) is 1.09. The fraction of sp³-hybridized carbons (Fsp3) is 0.714. The quantitative estimate of drug-likeness (QED) is 0.871. The SMILES string of the molecule is CCCC1CN(C(C)c2ccco2)CCCN1. The van der Waals surface area contributed by atoms with Gasteiger partial charge in [0.2, 0.25) is 0 Å². The van der Waals surface area contributed by atoms with Crippen LogP contribution in [0.15, 0.2) is 22.8 Å². The molecule has 3 heteroatoms. The summed E-state index contributed by atoms with van der Waals surface area (Å²) in [5.41, 5.74) is 0. The molecule has 1 fully saturated rings. The van der Waals surface area contributed by atoms with Crippen LogP contribution < -0.4 is 5.32 Å². The van der Waals surface area contributed by atoms with Gasteiger partial charge in [0.15, 0.2) is 0 Å². The Morgan fingerprint density at radius 1 is 1.59 bits per heavy atom. The highest BCUT2D eigenvalue weighted by Crippen LogP contribution is 2.22. The molecule has 0 radical (unpaired) electrons. The van der Waals surface area contributed by atoms with Gasteiger partial charge in [-0.3, -0.25) is 4.90 Å². The maximum Gasteiger partial charge on any atom is 0.120 e. The molecule has 0 saturated carbocycles. The van der Waals surface area contributed by atoms with Crippen LogP contribution in [-0.2, 0) is 0 Å². The minimum Gasteiger partial charge on any atom is -0.468 e. The van der Waals surface area contributed by atoms with Crippen molar-refractivity contribution in [3.8, 4) is 0 Å². The molecule has 0 bridgehead atoms. The summed E-state index contributed by atoms with van der Waals surface area (Å²) in [4.78, 5) is 2.54. The normalized spacial score (nSPS) is 24.5. The first-order chi connectivity index (χ1) is 8.31. The monoisotopic (exact) mass is 236 g/mol. The van der Waals surface area contributed by atoms with Gasteiger partial charge in [-0.2, -0.15) is 0 Å². The van der Waals surface area contributed by atoms with Gasteiger partial charge >= 0.3 is 0 Å². The van der Waals surface area contributed by atoms with Crippen molar-refractivity contribution in [3.05, 3.63) is 24.2 Å². The summed E-state index contributed by atoms with van der Waals surface area (Å²) in [6.07, 6.45) is 5.51. The van der Waals surface area contributed by atoms with E-state index in [0.29, 0.717) is 12.1 Å². The van der Waals surface area contributed by atoms with Crippen molar-refractivity contribution >= 4 is 0 Å². The number of nitrogens with zero attached hydrogens (tertiary/aromatic N) is 1. The fourth-order valence-electron chi connectivity index (χ4n) is 2.63. The van der Waals surface area contributed by atoms with Crippen LogP contribution in [0.3, 0.4) is 0 Å². The van der Waals surface area contributed by atoms with Crippen LogP contribution in [-0.4, -0.2) is 30.6 Å². The van der Waals surface area contributed by atoms with Crippen molar-refractivity contribution in [3.63, 3.8) is 0 Å². The first-order valence-electron chi connectivity index (χ1n) is 6.82. The third-order valence-electron chi connectivity index (χ3n) is 3.65. The van der Waals surface area contributed by atoms with Crippen LogP contribution in [0.1, 0.15) is 44.9 Å². The molecule has 3 nitrogen and oxygen atoms in total. The van der Waals surface area contributed by atoms with E-state index in [1.807, 2.05) is 6.07 Å². The van der Waals surface area contributed by atoms with E-state index in [0.717, 1.165) is 25.4 Å². The van der Waals surface area contributed by atoms with Gasteiger partial charge in [0.05, 0.1) is 12.3 Å². The molecule has 96 valence electrons. The Hall–Kier alpha value is -0.800. The van der Waals surface area contributed by atoms with Crippen molar-refractivity contribution in [1.29, 1.82) is 0 Å². The Morgan fingerprint density at radius 3 is 3.18 bits per heavy atom. The number of nitrogens with one attached hydrogen (secondary N) is 1. The zero-order valence-electron chi connectivity index (χ0n) is 11.0. The second-order valence-electron chi connectivity index (χ2n) is 4.98. The van der Waals surface area contributed by atoms with Crippen LogP contribution in [0, 0.1) is 0 Å². The predicted molar refractivity (Wildman–Crippen MR) is 70.0 cm³/mol. The largest absolute Gasteiger partial charge is 0.468 e. The summed E-state index contributed by atoms with van der Waals surface area (Å²) in [6.45, 7) is 7.94. The van der Waals surface area contributed by atoms with Gasteiger partial charge in [0.25, 0.3) is 0 Å². The Morgan fingerprint density at radius 2 is 2.47 bits per heavy atom. The maximum absolute atomic E-state index is 5.52. The molecule has 1 aliphatic rings. The molecule has 1 N–H and O–H groups in total. The molecule has 1 saturated heterocycles. The molecule has 1 aromatic heterocycles. The molecular formula is C14H24N2O. The van der Waals surface area contributed by atoms with Gasteiger partial charge < -0.3 is 9.73 Å². The summed E-state index contributed by atoms with van der Waals surface area (Å²) in [6, 6.07) is 5.09. The third kappa shape index (κ3) is 3.33. The molecule has 17 heavy (non-hydrogen) atoms. The Bertz CT molecular complexity index is 310. The first-order valence-corrected chi connectivity index (χ1v) is 6.82. The van der Waals surface area contributed by atoms with E-state index in [4.69, 9.17) is 4.42 Å². The molecule has 2 rings (SSSR count). The Labute approximate surface area is 104 Å². The topological polar surface area (TPSA) is 28.4 Å². The van der Waals surface area contributed by atoms with Gasteiger partial charge in [-0.15, -0.1) is 0 Å². The first kappa shape index (κ1) is 12.7. The van der Waals surface area contributed by atoms with Gasteiger partial charge in [0.1, 0.15) is 5.76 Å². The van der Waals surface area contributed by atoms with Crippen LogP contribution in [0.25, 0.3) is 0 Å². The van der Waals surface area contributed by atoms with Crippen molar-refractivity contribution in [1.82, 2.24) is 10.2 Å². The Kier molecular flexibility index (Phi) is 4.63. The average molecular weight is 236 g/mol. The van der Waals surface area contributed by atoms with Gasteiger partial charge in [0, 0.05) is 19.1 Å². The summed E-state index contributed by atoms with van der Waals surface area (Å²) in [5, 5.41) is 3.64. The lowest BCUT2D eigenvalue weighted by molar-refractivity contribution is 0.182. The molecule has 2 unspecified atom stereocenters. The lowest BCUT2D eigenvalue weighted by Crippen LogP contribution is -2.38. The fourth-order valence-corrected chi connectivity index (χ4v) is 2.63. The van der Waals surface area contributed by atoms with Crippen molar-refractivity contribution in [2.75, 3.05) is 19.6 Å². The zero-order chi connectivity index (χ0) is 12.1. The van der Waals surface area contributed by atoms with Gasteiger partial charge in [-0.05, 0) is 38.4 Å². The number of hydrogen-bond acceptors (Lipinski definition) is 3. The van der Waals surface area contributed by atoms with Crippen molar-refractivity contribution in [2.24, 2.45) is 0 Å². The van der Waals surface area contributed by atoms with Crippen molar-refractivity contribution in [2.45, 2.75) is 45.2 Å². The number of hydrogen-bond donors (Lipinski definition) is 1. The van der Waals surface area contributed by atoms with E-state index >= 15 is 0 Å². The molecule has 0 aromatic carbocycles. The van der Waals surface area contributed by atoms with E-state index in [2.05, 4.69) is 30.1 Å². The molecule has 0 aliphatic carbocycles. The van der Waals surface area contributed by atoms with E-state index in [1.54, 1.807) is 6.26 Å². The highest BCUT2D eigenvalue weighted by Gasteiger charge is 2.23. The lowest BCUT2D eigenvalue weighted by Gasteiger charge is -2.28. The second kappa shape index (κ2) is 6.22. The zero-order valence-corrected chi connectivity index (χ0v) is 11.0. The number of rotatable bonds is 4. The van der Waals surface area contributed by atoms with Crippen LogP contribution in [0.4, 0.5) is 0 Å². The minimum absolute atomic E-state index is 0.393. The van der Waals surface area contributed by atoms with Gasteiger partial charge in [-0.25, -0.2) is 0 Å². The molecule has 1 aromatic rings. The lowest BCUT2D eigenvalue weighted by atomic mass is 10.1. The summed E-state index contributed by atoms with van der Waals surface area (Å²) >= 11 is 0. The van der Waals surface area contributed by atoms with E-state index < -0.39 is 0 Å². The molecule has 0 spiro atoms. The van der Waals surface area contributed by atoms with E-state index in [9.17, 15) is 0 Å².